The van der Waals surface area contributed by atoms with E-state index in [1.54, 1.807) is 18.2 Å². The first-order valence-corrected chi connectivity index (χ1v) is 5.86. The number of rotatable bonds is 6. The van der Waals surface area contributed by atoms with Gasteiger partial charge in [0.1, 0.15) is 5.82 Å². The second-order valence-corrected chi connectivity index (χ2v) is 4.12. The Morgan fingerprint density at radius 1 is 1.44 bits per heavy atom. The first-order chi connectivity index (χ1) is 8.15. The van der Waals surface area contributed by atoms with Crippen LogP contribution in [0.2, 0.25) is 0 Å². The van der Waals surface area contributed by atoms with E-state index in [0.29, 0.717) is 25.1 Å². The van der Waals surface area contributed by atoms with Crippen molar-refractivity contribution in [2.45, 2.75) is 25.7 Å². The van der Waals surface area contributed by atoms with Gasteiger partial charge in [0.15, 0.2) is 0 Å². The minimum atomic E-state index is -0.255. The molecule has 0 saturated heterocycles. The molecule has 0 saturated carbocycles. The van der Waals surface area contributed by atoms with Gasteiger partial charge in [0, 0.05) is 13.0 Å². The summed E-state index contributed by atoms with van der Waals surface area (Å²) in [7, 11) is 0. The van der Waals surface area contributed by atoms with Gasteiger partial charge in [-0.05, 0) is 30.5 Å². The first-order valence-electron chi connectivity index (χ1n) is 5.86. The Labute approximate surface area is 113 Å². The molecule has 1 amide bonds. The normalized spacial score (nSPS) is 11.5. The van der Waals surface area contributed by atoms with E-state index in [-0.39, 0.29) is 30.0 Å². The van der Waals surface area contributed by atoms with Crippen molar-refractivity contribution in [1.29, 1.82) is 0 Å². The molecule has 0 heterocycles. The first kappa shape index (κ1) is 16.9. The van der Waals surface area contributed by atoms with Crippen LogP contribution in [0, 0.1) is 5.82 Å². The Balaban J connectivity index is 0.00000289. The molecule has 102 valence electrons. The fraction of sp³-hybridized carbons (Fsp3) is 0.462. The summed E-state index contributed by atoms with van der Waals surface area (Å²) >= 11 is 0. The van der Waals surface area contributed by atoms with E-state index >= 15 is 0 Å². The summed E-state index contributed by atoms with van der Waals surface area (Å²) in [4.78, 5) is 11.5. The lowest BCUT2D eigenvalue weighted by Gasteiger charge is -2.12. The Morgan fingerprint density at radius 2 is 2.11 bits per heavy atom. The standard InChI is InChI=1S/C13H19FN2O.ClH/c1-10(9-13(17)16-8-4-7-15)11-5-2-3-6-12(11)14;/h2-3,5-6,10H,4,7-9,15H2,1H3,(H,16,17);1H. The van der Waals surface area contributed by atoms with Crippen molar-refractivity contribution in [3.05, 3.63) is 35.6 Å². The van der Waals surface area contributed by atoms with Crippen molar-refractivity contribution in [3.8, 4) is 0 Å². The van der Waals surface area contributed by atoms with Crippen LogP contribution in [-0.2, 0) is 4.79 Å². The lowest BCUT2D eigenvalue weighted by Crippen LogP contribution is -2.27. The lowest BCUT2D eigenvalue weighted by molar-refractivity contribution is -0.121. The van der Waals surface area contributed by atoms with Gasteiger partial charge in [-0.3, -0.25) is 4.79 Å². The number of hydrogen-bond donors (Lipinski definition) is 2. The van der Waals surface area contributed by atoms with Crippen LogP contribution in [0.15, 0.2) is 24.3 Å². The van der Waals surface area contributed by atoms with Gasteiger partial charge in [0.25, 0.3) is 0 Å². The fourth-order valence-electron chi connectivity index (χ4n) is 1.66. The van der Waals surface area contributed by atoms with Crippen LogP contribution in [-0.4, -0.2) is 19.0 Å². The predicted octanol–water partition coefficient (Wildman–Crippen LogP) is 2.21. The maximum atomic E-state index is 13.4. The number of carbonyl (C=O) groups is 1. The van der Waals surface area contributed by atoms with Crippen LogP contribution in [0.25, 0.3) is 0 Å². The van der Waals surface area contributed by atoms with Crippen molar-refractivity contribution < 1.29 is 9.18 Å². The maximum absolute atomic E-state index is 13.4. The van der Waals surface area contributed by atoms with Crippen molar-refractivity contribution >= 4 is 18.3 Å². The average Bonchev–Trinajstić information content (AvgIpc) is 2.29. The summed E-state index contributed by atoms with van der Waals surface area (Å²) in [5.74, 6) is -0.432. The molecule has 18 heavy (non-hydrogen) atoms. The molecule has 1 rings (SSSR count). The fourth-order valence-corrected chi connectivity index (χ4v) is 1.66. The quantitative estimate of drug-likeness (QED) is 0.782. The zero-order chi connectivity index (χ0) is 12.7. The number of halogens is 2. The Kier molecular flexibility index (Phi) is 8.33. The highest BCUT2D eigenvalue weighted by Crippen LogP contribution is 2.21. The van der Waals surface area contributed by atoms with E-state index in [9.17, 15) is 9.18 Å². The minimum absolute atomic E-state index is 0. The third kappa shape index (κ3) is 5.47. The number of nitrogens with one attached hydrogen (secondary N) is 1. The second-order valence-electron chi connectivity index (χ2n) is 4.12. The maximum Gasteiger partial charge on any atom is 0.220 e. The molecule has 0 aliphatic heterocycles. The number of hydrogen-bond acceptors (Lipinski definition) is 2. The zero-order valence-corrected chi connectivity index (χ0v) is 11.3. The van der Waals surface area contributed by atoms with Gasteiger partial charge >= 0.3 is 0 Å². The largest absolute Gasteiger partial charge is 0.356 e. The highest BCUT2D eigenvalue weighted by atomic mass is 35.5. The smallest absolute Gasteiger partial charge is 0.220 e. The average molecular weight is 275 g/mol. The highest BCUT2D eigenvalue weighted by Gasteiger charge is 2.13. The minimum Gasteiger partial charge on any atom is -0.356 e. The Bertz CT molecular complexity index is 374. The number of nitrogens with two attached hydrogens (primary N) is 1. The number of carbonyl (C=O) groups excluding carboxylic acids is 1. The molecule has 1 atom stereocenters. The molecule has 1 aromatic carbocycles. The second kappa shape index (κ2) is 8.89. The molecule has 0 aliphatic carbocycles. The summed E-state index contributed by atoms with van der Waals surface area (Å²) in [5.41, 5.74) is 5.91. The molecule has 0 spiro atoms. The molecule has 0 aromatic heterocycles. The Hall–Kier alpha value is -1.13. The van der Waals surface area contributed by atoms with Gasteiger partial charge < -0.3 is 11.1 Å². The van der Waals surface area contributed by atoms with E-state index in [0.717, 1.165) is 6.42 Å². The van der Waals surface area contributed by atoms with Gasteiger partial charge in [0.05, 0.1) is 0 Å². The molecule has 0 fully saturated rings. The molecule has 0 aliphatic rings. The zero-order valence-electron chi connectivity index (χ0n) is 10.5. The molecule has 0 bridgehead atoms. The lowest BCUT2D eigenvalue weighted by atomic mass is 9.97. The SMILES string of the molecule is CC(CC(=O)NCCCN)c1ccccc1F.Cl. The van der Waals surface area contributed by atoms with Gasteiger partial charge in [0.2, 0.25) is 5.91 Å². The topological polar surface area (TPSA) is 55.1 Å². The van der Waals surface area contributed by atoms with Gasteiger partial charge in [-0.2, -0.15) is 0 Å². The Morgan fingerprint density at radius 3 is 2.72 bits per heavy atom. The summed E-state index contributed by atoms with van der Waals surface area (Å²) in [6, 6.07) is 6.55. The molecule has 3 nitrogen and oxygen atoms in total. The van der Waals surface area contributed by atoms with Crippen LogP contribution in [0.5, 0.6) is 0 Å². The summed E-state index contributed by atoms with van der Waals surface area (Å²) in [6.45, 7) is 2.99. The molecular formula is C13H20ClFN2O. The van der Waals surface area contributed by atoms with Crippen LogP contribution in [0.1, 0.15) is 31.2 Å². The van der Waals surface area contributed by atoms with E-state index in [1.807, 2.05) is 6.92 Å². The molecule has 3 N–H and O–H groups in total. The van der Waals surface area contributed by atoms with E-state index in [4.69, 9.17) is 5.73 Å². The van der Waals surface area contributed by atoms with Gasteiger partial charge in [-0.1, -0.05) is 25.1 Å². The van der Waals surface area contributed by atoms with Crippen molar-refractivity contribution in [3.63, 3.8) is 0 Å². The third-order valence-electron chi connectivity index (χ3n) is 2.63. The van der Waals surface area contributed by atoms with E-state index < -0.39 is 0 Å². The van der Waals surface area contributed by atoms with E-state index in [2.05, 4.69) is 5.32 Å². The summed E-state index contributed by atoms with van der Waals surface area (Å²) in [5, 5.41) is 2.76. The van der Waals surface area contributed by atoms with Crippen molar-refractivity contribution in [1.82, 2.24) is 5.32 Å². The van der Waals surface area contributed by atoms with Crippen molar-refractivity contribution in [2.24, 2.45) is 5.73 Å². The third-order valence-corrected chi connectivity index (χ3v) is 2.63. The highest BCUT2D eigenvalue weighted by molar-refractivity contribution is 5.85. The van der Waals surface area contributed by atoms with Gasteiger partial charge in [-0.25, -0.2) is 4.39 Å². The number of amides is 1. The molecular weight excluding hydrogens is 255 g/mol. The van der Waals surface area contributed by atoms with Crippen LogP contribution < -0.4 is 11.1 Å². The molecule has 1 aromatic rings. The molecule has 5 heteroatoms. The number of benzene rings is 1. The summed E-state index contributed by atoms with van der Waals surface area (Å²) in [6.07, 6.45) is 1.06. The van der Waals surface area contributed by atoms with Gasteiger partial charge in [-0.15, -0.1) is 12.4 Å². The van der Waals surface area contributed by atoms with E-state index in [1.165, 1.54) is 6.07 Å². The van der Waals surface area contributed by atoms with Crippen LogP contribution in [0.4, 0.5) is 4.39 Å². The molecule has 1 unspecified atom stereocenters. The summed E-state index contributed by atoms with van der Waals surface area (Å²) < 4.78 is 13.4. The molecule has 0 radical (unpaired) electrons. The van der Waals surface area contributed by atoms with Crippen LogP contribution >= 0.6 is 12.4 Å². The predicted molar refractivity (Wildman–Crippen MR) is 73.4 cm³/mol. The van der Waals surface area contributed by atoms with Crippen molar-refractivity contribution in [2.75, 3.05) is 13.1 Å². The monoisotopic (exact) mass is 274 g/mol. The van der Waals surface area contributed by atoms with Crippen LogP contribution in [0.3, 0.4) is 0 Å².